The maximum atomic E-state index is 14.1. The number of para-hydroxylation sites is 1. The van der Waals surface area contributed by atoms with Gasteiger partial charge in [-0.15, -0.1) is 24.0 Å². The molecule has 30 heavy (non-hydrogen) atoms. The molecule has 0 saturated carbocycles. The smallest absolute Gasteiger partial charge is 0.193 e. The average molecular weight is 549 g/mol. The molecular formula is C21H33FIN5OS. The summed E-state index contributed by atoms with van der Waals surface area (Å²) in [6, 6.07) is 7.04. The minimum atomic E-state index is -0.144. The molecule has 9 heteroatoms. The van der Waals surface area contributed by atoms with Crippen LogP contribution < -0.4 is 10.2 Å². The Morgan fingerprint density at radius 3 is 2.53 bits per heavy atom. The van der Waals surface area contributed by atoms with Gasteiger partial charge in [0.1, 0.15) is 5.82 Å². The van der Waals surface area contributed by atoms with Crippen molar-refractivity contribution in [1.29, 1.82) is 0 Å². The van der Waals surface area contributed by atoms with Crippen LogP contribution in [0.5, 0.6) is 0 Å². The molecule has 1 atom stereocenters. The van der Waals surface area contributed by atoms with Crippen LogP contribution in [0.4, 0.5) is 10.1 Å². The Morgan fingerprint density at radius 2 is 1.90 bits per heavy atom. The number of morpholine rings is 1. The number of guanidine groups is 1. The number of piperazine rings is 1. The Balaban J connectivity index is 0.00000256. The molecule has 3 fully saturated rings. The molecule has 1 N–H and O–H groups in total. The molecule has 1 aromatic carbocycles. The standard InChI is InChI=1S/C21H32FN5OS.HI/c1-23-20(24-16-21(6-15-29-17-21)27-11-13-28-14-12-27)26-9-7-25(8-10-26)19-5-3-2-4-18(19)22;/h2-5H,6-17H2,1H3,(H,23,24);1H. The third-order valence-electron chi connectivity index (χ3n) is 6.32. The number of anilines is 1. The largest absolute Gasteiger partial charge is 0.379 e. The van der Waals surface area contributed by atoms with Gasteiger partial charge in [-0.3, -0.25) is 9.89 Å². The van der Waals surface area contributed by atoms with Crippen LogP contribution in [0.25, 0.3) is 0 Å². The predicted molar refractivity (Wildman–Crippen MR) is 134 cm³/mol. The minimum absolute atomic E-state index is 0. The van der Waals surface area contributed by atoms with Crippen molar-refractivity contribution in [1.82, 2.24) is 15.1 Å². The average Bonchev–Trinajstić information content (AvgIpc) is 3.26. The first-order chi connectivity index (χ1) is 14.2. The second-order valence-electron chi connectivity index (χ2n) is 7.95. The van der Waals surface area contributed by atoms with E-state index in [9.17, 15) is 4.39 Å². The van der Waals surface area contributed by atoms with Crippen LogP contribution in [0, 0.1) is 5.82 Å². The molecule has 0 spiro atoms. The zero-order valence-corrected chi connectivity index (χ0v) is 20.8. The van der Waals surface area contributed by atoms with E-state index in [1.807, 2.05) is 19.2 Å². The molecule has 3 aliphatic rings. The predicted octanol–water partition coefficient (Wildman–Crippen LogP) is 2.35. The van der Waals surface area contributed by atoms with Gasteiger partial charge in [0, 0.05) is 64.2 Å². The first-order valence-corrected chi connectivity index (χ1v) is 11.7. The van der Waals surface area contributed by atoms with Crippen molar-refractivity contribution in [3.8, 4) is 0 Å². The van der Waals surface area contributed by atoms with Crippen molar-refractivity contribution in [2.75, 3.05) is 82.5 Å². The Kier molecular flexibility index (Phi) is 8.91. The van der Waals surface area contributed by atoms with E-state index in [1.165, 1.54) is 18.2 Å². The minimum Gasteiger partial charge on any atom is -0.379 e. The SMILES string of the molecule is CN=C(NCC1(N2CCOCC2)CCSC1)N1CCN(c2ccccc2F)CC1.I. The summed E-state index contributed by atoms with van der Waals surface area (Å²) < 4.78 is 19.7. The molecule has 3 saturated heterocycles. The molecule has 4 rings (SSSR count). The topological polar surface area (TPSA) is 43.3 Å². The van der Waals surface area contributed by atoms with Gasteiger partial charge in [0.25, 0.3) is 0 Å². The lowest BCUT2D eigenvalue weighted by Gasteiger charge is -2.44. The fraction of sp³-hybridized carbons (Fsp3) is 0.667. The van der Waals surface area contributed by atoms with Gasteiger partial charge in [-0.2, -0.15) is 11.8 Å². The summed E-state index contributed by atoms with van der Waals surface area (Å²) in [6.45, 7) is 7.89. The van der Waals surface area contributed by atoms with Crippen LogP contribution in [0.15, 0.2) is 29.3 Å². The van der Waals surface area contributed by atoms with Gasteiger partial charge in [0.15, 0.2) is 5.96 Å². The number of nitrogens with zero attached hydrogens (tertiary/aromatic N) is 4. The molecule has 3 aliphatic heterocycles. The van der Waals surface area contributed by atoms with Crippen molar-refractivity contribution >= 4 is 47.4 Å². The number of nitrogens with one attached hydrogen (secondary N) is 1. The fourth-order valence-electron chi connectivity index (χ4n) is 4.58. The lowest BCUT2D eigenvalue weighted by Crippen LogP contribution is -2.61. The summed E-state index contributed by atoms with van der Waals surface area (Å²) >= 11 is 2.05. The van der Waals surface area contributed by atoms with Crippen molar-refractivity contribution in [2.24, 2.45) is 4.99 Å². The summed E-state index contributed by atoms with van der Waals surface area (Å²) in [4.78, 5) is 11.6. The number of ether oxygens (including phenoxy) is 1. The Morgan fingerprint density at radius 1 is 1.17 bits per heavy atom. The number of aliphatic imine (C=N–C) groups is 1. The molecule has 1 aromatic rings. The monoisotopic (exact) mass is 549 g/mol. The normalized spacial score (nSPS) is 25.9. The van der Waals surface area contributed by atoms with Gasteiger partial charge in [-0.25, -0.2) is 4.39 Å². The molecule has 3 heterocycles. The number of thioether (sulfide) groups is 1. The van der Waals surface area contributed by atoms with E-state index < -0.39 is 0 Å². The van der Waals surface area contributed by atoms with Crippen LogP contribution >= 0.6 is 35.7 Å². The second-order valence-corrected chi connectivity index (χ2v) is 9.06. The number of hydrogen-bond acceptors (Lipinski definition) is 5. The van der Waals surface area contributed by atoms with E-state index in [0.717, 1.165) is 70.7 Å². The zero-order valence-electron chi connectivity index (χ0n) is 17.7. The first kappa shape index (κ1) is 23.9. The third kappa shape index (κ3) is 5.34. The highest BCUT2D eigenvalue weighted by molar-refractivity contribution is 14.0. The lowest BCUT2D eigenvalue weighted by atomic mass is 9.95. The van der Waals surface area contributed by atoms with Crippen LogP contribution in [0.3, 0.4) is 0 Å². The van der Waals surface area contributed by atoms with Crippen molar-refractivity contribution < 1.29 is 9.13 Å². The summed E-state index contributed by atoms with van der Waals surface area (Å²) in [5.41, 5.74) is 0.892. The molecule has 168 valence electrons. The van der Waals surface area contributed by atoms with Crippen LogP contribution in [-0.2, 0) is 4.74 Å². The molecular weight excluding hydrogens is 516 g/mol. The fourth-order valence-corrected chi connectivity index (χ4v) is 6.06. The quantitative estimate of drug-likeness (QED) is 0.354. The molecule has 1 unspecified atom stereocenters. The van der Waals surface area contributed by atoms with Crippen molar-refractivity contribution in [3.05, 3.63) is 30.1 Å². The summed E-state index contributed by atoms with van der Waals surface area (Å²) in [6.07, 6.45) is 1.21. The van der Waals surface area contributed by atoms with Crippen LogP contribution in [-0.4, -0.2) is 98.9 Å². The maximum Gasteiger partial charge on any atom is 0.193 e. The Bertz CT molecular complexity index is 704. The van der Waals surface area contributed by atoms with Gasteiger partial charge >= 0.3 is 0 Å². The molecule has 6 nitrogen and oxygen atoms in total. The third-order valence-corrected chi connectivity index (χ3v) is 7.56. The highest BCUT2D eigenvalue weighted by Crippen LogP contribution is 2.33. The summed E-state index contributed by atoms with van der Waals surface area (Å²) in [7, 11) is 1.86. The number of rotatable bonds is 4. The molecule has 0 bridgehead atoms. The van der Waals surface area contributed by atoms with E-state index in [1.54, 1.807) is 6.07 Å². The van der Waals surface area contributed by atoms with E-state index >= 15 is 0 Å². The summed E-state index contributed by atoms with van der Waals surface area (Å²) in [5, 5.41) is 3.67. The Hall–Kier alpha value is -0.780. The first-order valence-electron chi connectivity index (χ1n) is 10.6. The Labute approximate surface area is 200 Å². The molecule has 0 amide bonds. The highest BCUT2D eigenvalue weighted by atomic mass is 127. The lowest BCUT2D eigenvalue weighted by molar-refractivity contribution is -0.0121. The van der Waals surface area contributed by atoms with Crippen LogP contribution in [0.2, 0.25) is 0 Å². The summed E-state index contributed by atoms with van der Waals surface area (Å²) in [5.74, 6) is 3.20. The zero-order chi connectivity index (χ0) is 20.1. The van der Waals surface area contributed by atoms with Crippen molar-refractivity contribution in [3.63, 3.8) is 0 Å². The molecule has 0 aliphatic carbocycles. The van der Waals surface area contributed by atoms with E-state index in [0.29, 0.717) is 5.69 Å². The number of benzene rings is 1. The molecule has 0 radical (unpaired) electrons. The molecule has 0 aromatic heterocycles. The van der Waals surface area contributed by atoms with Gasteiger partial charge in [-0.05, 0) is 24.3 Å². The second kappa shape index (κ2) is 11.2. The van der Waals surface area contributed by atoms with E-state index in [4.69, 9.17) is 4.74 Å². The number of hydrogen-bond donors (Lipinski definition) is 1. The highest BCUT2D eigenvalue weighted by Gasteiger charge is 2.41. The van der Waals surface area contributed by atoms with Crippen molar-refractivity contribution in [2.45, 2.75) is 12.0 Å². The van der Waals surface area contributed by atoms with E-state index in [2.05, 4.69) is 36.8 Å². The van der Waals surface area contributed by atoms with Gasteiger partial charge in [0.2, 0.25) is 0 Å². The van der Waals surface area contributed by atoms with Crippen LogP contribution in [0.1, 0.15) is 6.42 Å². The van der Waals surface area contributed by atoms with Gasteiger partial charge < -0.3 is 19.9 Å². The van der Waals surface area contributed by atoms with Gasteiger partial charge in [0.05, 0.1) is 18.9 Å². The maximum absolute atomic E-state index is 14.1. The van der Waals surface area contributed by atoms with Gasteiger partial charge in [-0.1, -0.05) is 12.1 Å². The number of halogens is 2. The van der Waals surface area contributed by atoms with E-state index in [-0.39, 0.29) is 35.3 Å².